The van der Waals surface area contributed by atoms with E-state index in [9.17, 15) is 13.2 Å². The van der Waals surface area contributed by atoms with E-state index < -0.39 is 22.5 Å². The van der Waals surface area contributed by atoms with Crippen LogP contribution in [0.5, 0.6) is 5.75 Å². The monoisotopic (exact) mass is 272 g/mol. The van der Waals surface area contributed by atoms with Gasteiger partial charge in [-0.25, -0.2) is 8.42 Å². The molecule has 1 aromatic carbocycles. The minimum absolute atomic E-state index is 0.000463. The second-order valence-electron chi connectivity index (χ2n) is 3.65. The minimum Gasteiger partial charge on any atom is -0.490 e. The van der Waals surface area contributed by atoms with Gasteiger partial charge in [0.2, 0.25) is 10.0 Å². The molecule has 0 saturated carbocycles. The number of nitrogens with one attached hydrogen (secondary N) is 2. The van der Waals surface area contributed by atoms with Gasteiger partial charge >= 0.3 is 5.97 Å². The SMILES string of the molecule is O=C(O)CNS(=O)(=O)c1ccc2c(c1)NCCO2. The number of carboxylic acid groups (broad SMARTS) is 1. The Morgan fingerprint density at radius 1 is 1.50 bits per heavy atom. The summed E-state index contributed by atoms with van der Waals surface area (Å²) in [6, 6.07) is 4.32. The normalized spacial score (nSPS) is 14.2. The molecule has 0 bridgehead atoms. The van der Waals surface area contributed by atoms with Crippen molar-refractivity contribution in [2.45, 2.75) is 4.90 Å². The molecule has 0 fully saturated rings. The number of sulfonamides is 1. The molecule has 7 nitrogen and oxygen atoms in total. The molecule has 18 heavy (non-hydrogen) atoms. The summed E-state index contributed by atoms with van der Waals surface area (Å²) in [6.45, 7) is 0.471. The summed E-state index contributed by atoms with van der Waals surface area (Å²) >= 11 is 0. The van der Waals surface area contributed by atoms with Crippen molar-refractivity contribution >= 4 is 21.7 Å². The molecule has 2 rings (SSSR count). The lowest BCUT2D eigenvalue weighted by Crippen LogP contribution is -2.29. The highest BCUT2D eigenvalue weighted by molar-refractivity contribution is 7.89. The largest absolute Gasteiger partial charge is 0.490 e. The quantitative estimate of drug-likeness (QED) is 0.704. The van der Waals surface area contributed by atoms with Crippen molar-refractivity contribution in [1.29, 1.82) is 0 Å². The van der Waals surface area contributed by atoms with E-state index in [1.165, 1.54) is 18.2 Å². The molecule has 0 spiro atoms. The number of hydrogen-bond donors (Lipinski definition) is 3. The average Bonchev–Trinajstić information content (AvgIpc) is 2.36. The van der Waals surface area contributed by atoms with Crippen LogP contribution in [0.3, 0.4) is 0 Å². The molecule has 1 aliphatic heterocycles. The van der Waals surface area contributed by atoms with Gasteiger partial charge in [0.1, 0.15) is 18.9 Å². The van der Waals surface area contributed by atoms with Gasteiger partial charge in [0.05, 0.1) is 10.6 Å². The maximum atomic E-state index is 11.8. The summed E-state index contributed by atoms with van der Waals surface area (Å²) in [7, 11) is -3.82. The number of hydrogen-bond acceptors (Lipinski definition) is 5. The standard InChI is InChI=1S/C10H12N2O5S/c13-10(14)6-12-18(15,16)7-1-2-9-8(5-7)11-3-4-17-9/h1-2,5,11-12H,3-4,6H2,(H,13,14). The third-order valence-corrected chi connectivity index (χ3v) is 3.75. The van der Waals surface area contributed by atoms with E-state index in [0.29, 0.717) is 24.6 Å². The van der Waals surface area contributed by atoms with Crippen molar-refractivity contribution in [2.24, 2.45) is 0 Å². The van der Waals surface area contributed by atoms with Crippen LogP contribution in [0.25, 0.3) is 0 Å². The van der Waals surface area contributed by atoms with Crippen molar-refractivity contribution in [2.75, 3.05) is 25.0 Å². The van der Waals surface area contributed by atoms with Crippen LogP contribution >= 0.6 is 0 Å². The highest BCUT2D eigenvalue weighted by Crippen LogP contribution is 2.29. The second kappa shape index (κ2) is 4.83. The molecule has 1 aromatic rings. The molecule has 0 aliphatic carbocycles. The van der Waals surface area contributed by atoms with Gasteiger partial charge < -0.3 is 15.2 Å². The van der Waals surface area contributed by atoms with E-state index in [0.717, 1.165) is 0 Å². The molecule has 8 heteroatoms. The van der Waals surface area contributed by atoms with Crippen molar-refractivity contribution in [3.8, 4) is 5.75 Å². The highest BCUT2D eigenvalue weighted by atomic mass is 32.2. The Bertz CT molecular complexity index is 570. The molecule has 1 aliphatic rings. The maximum Gasteiger partial charge on any atom is 0.318 e. The number of benzene rings is 1. The van der Waals surface area contributed by atoms with Crippen LogP contribution in [0.15, 0.2) is 23.1 Å². The Morgan fingerprint density at radius 3 is 3.00 bits per heavy atom. The Hall–Kier alpha value is -1.80. The van der Waals surface area contributed by atoms with E-state index >= 15 is 0 Å². The number of aliphatic carboxylic acids is 1. The number of carboxylic acids is 1. The number of carbonyl (C=O) groups is 1. The Labute approximate surface area is 104 Å². The van der Waals surface area contributed by atoms with E-state index in [4.69, 9.17) is 9.84 Å². The van der Waals surface area contributed by atoms with Gasteiger partial charge in [0.25, 0.3) is 0 Å². The van der Waals surface area contributed by atoms with E-state index in [1.807, 2.05) is 4.72 Å². The summed E-state index contributed by atoms with van der Waals surface area (Å²) in [6.07, 6.45) is 0. The first-order chi connectivity index (χ1) is 8.49. The van der Waals surface area contributed by atoms with Crippen LogP contribution in [0.4, 0.5) is 5.69 Å². The summed E-state index contributed by atoms with van der Waals surface area (Å²) in [5.74, 6) is -0.656. The van der Waals surface area contributed by atoms with Crippen molar-refractivity contribution < 1.29 is 23.1 Å². The lowest BCUT2D eigenvalue weighted by atomic mass is 10.2. The third kappa shape index (κ3) is 2.71. The zero-order valence-corrected chi connectivity index (χ0v) is 10.2. The fourth-order valence-electron chi connectivity index (χ4n) is 1.53. The third-order valence-electron chi connectivity index (χ3n) is 2.35. The first kappa shape index (κ1) is 12.7. The summed E-state index contributed by atoms with van der Waals surface area (Å²) in [5, 5.41) is 11.5. The van der Waals surface area contributed by atoms with Gasteiger partial charge in [0.15, 0.2) is 0 Å². The van der Waals surface area contributed by atoms with Crippen LogP contribution in [0.1, 0.15) is 0 Å². The fraction of sp³-hybridized carbons (Fsp3) is 0.300. The first-order valence-electron chi connectivity index (χ1n) is 5.21. The van der Waals surface area contributed by atoms with Crippen molar-refractivity contribution in [3.63, 3.8) is 0 Å². The van der Waals surface area contributed by atoms with E-state index in [-0.39, 0.29) is 4.90 Å². The number of ether oxygens (including phenoxy) is 1. The smallest absolute Gasteiger partial charge is 0.318 e. The van der Waals surface area contributed by atoms with Gasteiger partial charge in [-0.15, -0.1) is 0 Å². The second-order valence-corrected chi connectivity index (χ2v) is 5.42. The van der Waals surface area contributed by atoms with Gasteiger partial charge in [-0.3, -0.25) is 4.79 Å². The molecular weight excluding hydrogens is 260 g/mol. The molecule has 0 amide bonds. The number of anilines is 1. The van der Waals surface area contributed by atoms with E-state index in [1.54, 1.807) is 0 Å². The fourth-order valence-corrected chi connectivity index (χ4v) is 2.53. The average molecular weight is 272 g/mol. The highest BCUT2D eigenvalue weighted by Gasteiger charge is 2.18. The van der Waals surface area contributed by atoms with Gasteiger partial charge in [-0.2, -0.15) is 4.72 Å². The zero-order valence-electron chi connectivity index (χ0n) is 9.34. The molecule has 0 unspecified atom stereocenters. The summed E-state index contributed by atoms with van der Waals surface area (Å²) in [4.78, 5) is 10.4. The summed E-state index contributed by atoms with van der Waals surface area (Å²) in [5.41, 5.74) is 0.583. The Balaban J connectivity index is 2.25. The Morgan fingerprint density at radius 2 is 2.28 bits per heavy atom. The predicted octanol–water partition coefficient (Wildman–Crippen LogP) is -0.146. The minimum atomic E-state index is -3.82. The van der Waals surface area contributed by atoms with Crippen LogP contribution in [0, 0.1) is 0 Å². The molecular formula is C10H12N2O5S. The lowest BCUT2D eigenvalue weighted by molar-refractivity contribution is -0.135. The summed E-state index contributed by atoms with van der Waals surface area (Å²) < 4.78 is 30.9. The predicted molar refractivity (Wildman–Crippen MR) is 63.3 cm³/mol. The van der Waals surface area contributed by atoms with Crippen LogP contribution < -0.4 is 14.8 Å². The number of fused-ring (bicyclic) bond motifs is 1. The maximum absolute atomic E-state index is 11.8. The van der Waals surface area contributed by atoms with Crippen molar-refractivity contribution in [1.82, 2.24) is 4.72 Å². The lowest BCUT2D eigenvalue weighted by Gasteiger charge is -2.19. The van der Waals surface area contributed by atoms with Gasteiger partial charge in [0, 0.05) is 6.54 Å². The van der Waals surface area contributed by atoms with Gasteiger partial charge in [-0.1, -0.05) is 0 Å². The molecule has 0 aromatic heterocycles. The van der Waals surface area contributed by atoms with Crippen molar-refractivity contribution in [3.05, 3.63) is 18.2 Å². The molecule has 1 heterocycles. The van der Waals surface area contributed by atoms with Crippen LogP contribution in [0.2, 0.25) is 0 Å². The first-order valence-corrected chi connectivity index (χ1v) is 6.69. The zero-order chi connectivity index (χ0) is 13.2. The molecule has 98 valence electrons. The van der Waals surface area contributed by atoms with E-state index in [2.05, 4.69) is 5.32 Å². The topological polar surface area (TPSA) is 105 Å². The Kier molecular flexibility index (Phi) is 3.39. The van der Waals surface area contributed by atoms with Gasteiger partial charge in [-0.05, 0) is 18.2 Å². The molecule has 3 N–H and O–H groups in total. The molecule has 0 atom stereocenters. The number of rotatable bonds is 4. The molecule has 0 saturated heterocycles. The molecule has 0 radical (unpaired) electrons. The van der Waals surface area contributed by atoms with Crippen LogP contribution in [-0.4, -0.2) is 39.2 Å². The van der Waals surface area contributed by atoms with Crippen LogP contribution in [-0.2, 0) is 14.8 Å².